The van der Waals surface area contributed by atoms with Gasteiger partial charge in [0.25, 0.3) is 5.91 Å². The number of hydrogen-bond donors (Lipinski definition) is 0. The zero-order valence-corrected chi connectivity index (χ0v) is 15.8. The van der Waals surface area contributed by atoms with Crippen molar-refractivity contribution < 1.29 is 18.7 Å². The van der Waals surface area contributed by atoms with Crippen molar-refractivity contribution in [3.63, 3.8) is 0 Å². The molecule has 0 N–H and O–H groups in total. The van der Waals surface area contributed by atoms with Crippen molar-refractivity contribution in [2.75, 3.05) is 7.05 Å². The largest absolute Gasteiger partial charge is 0.452 e. The highest BCUT2D eigenvalue weighted by Gasteiger charge is 2.22. The highest BCUT2D eigenvalue weighted by atomic mass is 16.5. The molecule has 0 saturated heterocycles. The van der Waals surface area contributed by atoms with Crippen LogP contribution in [0.25, 0.3) is 11.1 Å². The van der Waals surface area contributed by atoms with Crippen LogP contribution in [-0.4, -0.2) is 34.5 Å². The lowest BCUT2D eigenvalue weighted by atomic mass is 10.2. The lowest BCUT2D eigenvalue weighted by Crippen LogP contribution is -2.37. The number of likely N-dealkylation sites (N-methyl/N-ethyl adjacent to an activating group) is 1. The third-order valence-corrected chi connectivity index (χ3v) is 4.41. The maximum atomic E-state index is 12.4. The third-order valence-electron chi connectivity index (χ3n) is 4.41. The highest BCUT2D eigenvalue weighted by Crippen LogP contribution is 2.12. The van der Waals surface area contributed by atoms with Crippen molar-refractivity contribution in [3.05, 3.63) is 70.7 Å². The molecule has 0 spiro atoms. The number of carbonyl (C=O) groups is 2. The van der Waals surface area contributed by atoms with Crippen LogP contribution in [0.3, 0.4) is 0 Å². The minimum atomic E-state index is -0.904. The van der Waals surface area contributed by atoms with Gasteiger partial charge in [-0.2, -0.15) is 0 Å². The second kappa shape index (κ2) is 8.56. The van der Waals surface area contributed by atoms with E-state index in [0.29, 0.717) is 17.6 Å². The average molecular weight is 382 g/mol. The quantitative estimate of drug-likeness (QED) is 0.587. The summed E-state index contributed by atoms with van der Waals surface area (Å²) in [6.45, 7) is 2.09. The minimum Gasteiger partial charge on any atom is -0.452 e. The number of nitrogens with zero attached hydrogens (tertiary/aromatic N) is 2. The zero-order chi connectivity index (χ0) is 20.1. The van der Waals surface area contributed by atoms with Gasteiger partial charge in [-0.25, -0.2) is 4.79 Å². The van der Waals surface area contributed by atoms with Crippen molar-refractivity contribution in [1.82, 2.24) is 9.47 Å². The second-order valence-corrected chi connectivity index (χ2v) is 6.55. The smallest absolute Gasteiger partial charge is 0.419 e. The number of hydrogen-bond acceptors (Lipinski definition) is 5. The highest BCUT2D eigenvalue weighted by molar-refractivity contribution is 5.83. The molecule has 0 aliphatic rings. The van der Waals surface area contributed by atoms with Crippen molar-refractivity contribution in [1.29, 1.82) is 0 Å². The molecule has 1 heterocycles. The first kappa shape index (κ1) is 19.4. The molecule has 3 rings (SSSR count). The maximum absolute atomic E-state index is 12.4. The molecule has 3 aromatic rings. The van der Waals surface area contributed by atoms with Gasteiger partial charge in [-0.05, 0) is 24.6 Å². The molecule has 1 amide bonds. The van der Waals surface area contributed by atoms with Crippen LogP contribution in [0.1, 0.15) is 18.9 Å². The van der Waals surface area contributed by atoms with Gasteiger partial charge in [-0.3, -0.25) is 14.2 Å². The Kier molecular flexibility index (Phi) is 5.93. The Labute approximate surface area is 162 Å². The predicted molar refractivity (Wildman–Crippen MR) is 104 cm³/mol. The van der Waals surface area contributed by atoms with Gasteiger partial charge in [0.05, 0.1) is 11.9 Å². The normalized spacial score (nSPS) is 11.9. The Morgan fingerprint density at radius 1 is 1.11 bits per heavy atom. The van der Waals surface area contributed by atoms with E-state index in [1.165, 1.54) is 9.47 Å². The molecular formula is C21H22N2O5. The molecule has 28 heavy (non-hydrogen) atoms. The first-order valence-corrected chi connectivity index (χ1v) is 9.02. The van der Waals surface area contributed by atoms with E-state index in [2.05, 4.69) is 0 Å². The van der Waals surface area contributed by atoms with Gasteiger partial charge >= 0.3 is 11.7 Å². The Balaban J connectivity index is 1.54. The van der Waals surface area contributed by atoms with Crippen LogP contribution >= 0.6 is 0 Å². The second-order valence-electron chi connectivity index (χ2n) is 6.55. The maximum Gasteiger partial charge on any atom is 0.419 e. The van der Waals surface area contributed by atoms with Gasteiger partial charge in [-0.1, -0.05) is 42.5 Å². The average Bonchev–Trinajstić information content (AvgIpc) is 3.01. The van der Waals surface area contributed by atoms with E-state index >= 15 is 0 Å². The lowest BCUT2D eigenvalue weighted by Gasteiger charge is -2.21. The summed E-state index contributed by atoms with van der Waals surface area (Å²) in [5, 5.41) is 0. The monoisotopic (exact) mass is 382 g/mol. The van der Waals surface area contributed by atoms with Crippen molar-refractivity contribution in [3.8, 4) is 0 Å². The summed E-state index contributed by atoms with van der Waals surface area (Å²) in [5.41, 5.74) is 2.07. The van der Waals surface area contributed by atoms with E-state index in [0.717, 1.165) is 5.56 Å². The van der Waals surface area contributed by atoms with Crippen LogP contribution < -0.4 is 5.76 Å². The molecule has 1 atom stereocenters. The van der Waals surface area contributed by atoms with Gasteiger partial charge < -0.3 is 14.1 Å². The molecule has 0 aliphatic carbocycles. The SMILES string of the molecule is CC(OC(=O)CCn1c(=O)oc2ccccc21)C(=O)N(C)Cc1ccccc1. The Morgan fingerprint density at radius 3 is 2.54 bits per heavy atom. The van der Waals surface area contributed by atoms with Crippen LogP contribution in [0, 0.1) is 0 Å². The molecule has 2 aromatic carbocycles. The molecular weight excluding hydrogens is 360 g/mol. The fourth-order valence-corrected chi connectivity index (χ4v) is 2.98. The number of benzene rings is 2. The summed E-state index contributed by atoms with van der Waals surface area (Å²) >= 11 is 0. The minimum absolute atomic E-state index is 0.0382. The van der Waals surface area contributed by atoms with E-state index in [4.69, 9.17) is 9.15 Å². The summed E-state index contributed by atoms with van der Waals surface area (Å²) < 4.78 is 11.8. The Morgan fingerprint density at radius 2 is 1.79 bits per heavy atom. The van der Waals surface area contributed by atoms with Gasteiger partial charge in [0.15, 0.2) is 11.7 Å². The summed E-state index contributed by atoms with van der Waals surface area (Å²) in [5.74, 6) is -1.37. The number of aryl methyl sites for hydroxylation is 1. The summed E-state index contributed by atoms with van der Waals surface area (Å²) in [4.78, 5) is 38.0. The molecule has 0 bridgehead atoms. The first-order chi connectivity index (χ1) is 13.5. The van der Waals surface area contributed by atoms with E-state index < -0.39 is 17.8 Å². The number of carbonyl (C=O) groups excluding carboxylic acids is 2. The van der Waals surface area contributed by atoms with Crippen molar-refractivity contribution in [2.24, 2.45) is 0 Å². The number of esters is 1. The first-order valence-electron chi connectivity index (χ1n) is 9.02. The molecule has 0 aliphatic heterocycles. The molecule has 7 nitrogen and oxygen atoms in total. The number of amides is 1. The van der Waals surface area contributed by atoms with Crippen LogP contribution in [0.5, 0.6) is 0 Å². The predicted octanol–water partition coefficient (Wildman–Crippen LogP) is 2.57. The summed E-state index contributed by atoms with van der Waals surface area (Å²) in [6.07, 6.45) is -0.942. The van der Waals surface area contributed by atoms with Gasteiger partial charge in [-0.15, -0.1) is 0 Å². The number of oxazole rings is 1. The topological polar surface area (TPSA) is 81.7 Å². The number of fused-ring (bicyclic) bond motifs is 1. The van der Waals surface area contributed by atoms with Crippen molar-refractivity contribution in [2.45, 2.75) is 32.5 Å². The molecule has 0 fully saturated rings. The fraction of sp³-hybridized carbons (Fsp3) is 0.286. The lowest BCUT2D eigenvalue weighted by molar-refractivity contribution is -0.158. The number of para-hydroxylation sites is 2. The number of ether oxygens (including phenoxy) is 1. The number of rotatable bonds is 7. The summed E-state index contributed by atoms with van der Waals surface area (Å²) in [6, 6.07) is 16.5. The van der Waals surface area contributed by atoms with Gasteiger partial charge in [0.2, 0.25) is 0 Å². The standard InChI is InChI=1S/C21H22N2O5/c1-15(20(25)22(2)14-16-8-4-3-5-9-16)27-19(24)12-13-23-17-10-6-7-11-18(17)28-21(23)26/h3-11,15H,12-14H2,1-2H3. The van der Waals surface area contributed by atoms with Crippen LogP contribution in [0.2, 0.25) is 0 Å². The third kappa shape index (κ3) is 4.49. The van der Waals surface area contributed by atoms with Gasteiger partial charge in [0, 0.05) is 20.1 Å². The van der Waals surface area contributed by atoms with Crippen molar-refractivity contribution >= 4 is 23.0 Å². The van der Waals surface area contributed by atoms with E-state index in [1.807, 2.05) is 30.3 Å². The van der Waals surface area contributed by atoms with E-state index in [1.54, 1.807) is 38.2 Å². The molecule has 7 heteroatoms. The molecule has 146 valence electrons. The molecule has 1 unspecified atom stereocenters. The van der Waals surface area contributed by atoms with Crippen LogP contribution in [0.4, 0.5) is 0 Å². The Bertz CT molecular complexity index is 1020. The molecule has 1 aromatic heterocycles. The number of aromatic nitrogens is 1. The fourth-order valence-electron chi connectivity index (χ4n) is 2.98. The zero-order valence-electron chi connectivity index (χ0n) is 15.8. The Hall–Kier alpha value is -3.35. The van der Waals surface area contributed by atoms with E-state index in [-0.39, 0.29) is 18.9 Å². The summed E-state index contributed by atoms with van der Waals surface area (Å²) in [7, 11) is 1.66. The van der Waals surface area contributed by atoms with Crippen LogP contribution in [-0.2, 0) is 27.4 Å². The molecule has 0 saturated carbocycles. The van der Waals surface area contributed by atoms with Crippen LogP contribution in [0.15, 0.2) is 63.8 Å². The van der Waals surface area contributed by atoms with E-state index in [9.17, 15) is 14.4 Å². The molecule has 0 radical (unpaired) electrons. The van der Waals surface area contributed by atoms with Gasteiger partial charge in [0.1, 0.15) is 0 Å².